The van der Waals surface area contributed by atoms with Crippen LogP contribution in [0.1, 0.15) is 41.9 Å². The number of methoxy groups -OCH3 is 1. The normalized spacial score (nSPS) is 17.4. The van der Waals surface area contributed by atoms with Gasteiger partial charge in [0.1, 0.15) is 5.82 Å². The highest BCUT2D eigenvalue weighted by atomic mass is 16.5. The Balaban J connectivity index is 1.51. The van der Waals surface area contributed by atoms with Crippen molar-refractivity contribution < 1.29 is 9.53 Å². The number of piperidine rings is 1. The van der Waals surface area contributed by atoms with E-state index in [1.807, 2.05) is 29.4 Å². The van der Waals surface area contributed by atoms with Gasteiger partial charge in [0.25, 0.3) is 5.91 Å². The van der Waals surface area contributed by atoms with Crippen molar-refractivity contribution in [3.05, 3.63) is 54.2 Å². The molecule has 1 aromatic carbocycles. The van der Waals surface area contributed by atoms with E-state index in [-0.39, 0.29) is 11.8 Å². The Bertz CT molecular complexity index is 959. The fraction of sp³-hybridized carbons (Fsp3) is 0.455. The van der Waals surface area contributed by atoms with E-state index in [1.54, 1.807) is 7.11 Å². The fourth-order valence-electron chi connectivity index (χ4n) is 4.22. The molecule has 6 nitrogen and oxygen atoms in total. The lowest BCUT2D eigenvalue weighted by molar-refractivity contribution is 0.0702. The van der Waals surface area contributed by atoms with E-state index in [1.165, 1.54) is 5.52 Å². The molecule has 1 saturated heterocycles. The van der Waals surface area contributed by atoms with Crippen molar-refractivity contribution in [1.82, 2.24) is 19.0 Å². The molecule has 1 atom stereocenters. The molecule has 0 aliphatic carbocycles. The summed E-state index contributed by atoms with van der Waals surface area (Å²) in [4.78, 5) is 19.7. The fourth-order valence-corrected chi connectivity index (χ4v) is 4.22. The Labute approximate surface area is 165 Å². The number of aryl methyl sites for hydroxylation is 1. The SMILES string of the molecule is CCn1ccc2cc(C(=O)N3CCC[C@@H](c4nccn4CCOC)C3)ccc21. The molecule has 2 aromatic heterocycles. The van der Waals surface area contributed by atoms with Crippen LogP contribution < -0.4 is 0 Å². The second kappa shape index (κ2) is 8.19. The second-order valence-corrected chi connectivity index (χ2v) is 7.44. The van der Waals surface area contributed by atoms with Gasteiger partial charge in [-0.3, -0.25) is 4.79 Å². The van der Waals surface area contributed by atoms with Crippen LogP contribution in [0, 0.1) is 0 Å². The van der Waals surface area contributed by atoms with Crippen molar-refractivity contribution >= 4 is 16.8 Å². The van der Waals surface area contributed by atoms with Crippen molar-refractivity contribution in [2.75, 3.05) is 26.8 Å². The van der Waals surface area contributed by atoms with E-state index in [0.717, 1.165) is 55.8 Å². The lowest BCUT2D eigenvalue weighted by Gasteiger charge is -2.32. The number of fused-ring (bicyclic) bond motifs is 1. The summed E-state index contributed by atoms with van der Waals surface area (Å²) in [6, 6.07) is 8.12. The van der Waals surface area contributed by atoms with Gasteiger partial charge in [-0.2, -0.15) is 0 Å². The minimum Gasteiger partial charge on any atom is -0.383 e. The van der Waals surface area contributed by atoms with Gasteiger partial charge < -0.3 is 18.8 Å². The summed E-state index contributed by atoms with van der Waals surface area (Å²) in [6.07, 6.45) is 7.99. The predicted molar refractivity (Wildman–Crippen MR) is 110 cm³/mol. The number of ether oxygens (including phenoxy) is 1. The summed E-state index contributed by atoms with van der Waals surface area (Å²) in [5.74, 6) is 1.45. The van der Waals surface area contributed by atoms with Crippen LogP contribution in [0.4, 0.5) is 0 Å². The van der Waals surface area contributed by atoms with Crippen LogP contribution >= 0.6 is 0 Å². The average molecular weight is 380 g/mol. The van der Waals surface area contributed by atoms with Crippen molar-refractivity contribution in [2.45, 2.75) is 38.8 Å². The predicted octanol–water partition coefficient (Wildman–Crippen LogP) is 3.52. The minimum absolute atomic E-state index is 0.117. The number of benzene rings is 1. The van der Waals surface area contributed by atoms with E-state index < -0.39 is 0 Å². The number of aromatic nitrogens is 3. The van der Waals surface area contributed by atoms with Crippen molar-refractivity contribution in [3.8, 4) is 0 Å². The average Bonchev–Trinajstić information content (AvgIpc) is 3.37. The van der Waals surface area contributed by atoms with Crippen molar-refractivity contribution in [3.63, 3.8) is 0 Å². The molecule has 28 heavy (non-hydrogen) atoms. The van der Waals surface area contributed by atoms with E-state index in [0.29, 0.717) is 6.61 Å². The third-order valence-electron chi connectivity index (χ3n) is 5.72. The second-order valence-electron chi connectivity index (χ2n) is 7.44. The van der Waals surface area contributed by atoms with Crippen LogP contribution in [0.5, 0.6) is 0 Å². The smallest absolute Gasteiger partial charge is 0.253 e. The number of hydrogen-bond donors (Lipinski definition) is 0. The largest absolute Gasteiger partial charge is 0.383 e. The first-order valence-electron chi connectivity index (χ1n) is 10.1. The highest BCUT2D eigenvalue weighted by Crippen LogP contribution is 2.27. The van der Waals surface area contributed by atoms with Crippen LogP contribution in [-0.2, 0) is 17.8 Å². The number of nitrogens with zero attached hydrogens (tertiary/aromatic N) is 4. The van der Waals surface area contributed by atoms with Crippen LogP contribution in [0.25, 0.3) is 10.9 Å². The molecule has 148 valence electrons. The number of carbonyl (C=O) groups excluding carboxylic acids is 1. The third-order valence-corrected chi connectivity index (χ3v) is 5.72. The molecule has 3 heterocycles. The number of hydrogen-bond acceptors (Lipinski definition) is 3. The van der Waals surface area contributed by atoms with Gasteiger partial charge in [0, 0.05) is 74.3 Å². The lowest BCUT2D eigenvalue weighted by atomic mass is 9.96. The summed E-state index contributed by atoms with van der Waals surface area (Å²) in [7, 11) is 1.71. The Morgan fingerprint density at radius 3 is 2.96 bits per heavy atom. The zero-order chi connectivity index (χ0) is 19.5. The molecule has 0 spiro atoms. The molecule has 0 N–H and O–H groups in total. The van der Waals surface area contributed by atoms with Crippen LogP contribution in [-0.4, -0.2) is 51.7 Å². The lowest BCUT2D eigenvalue weighted by Crippen LogP contribution is -2.39. The maximum Gasteiger partial charge on any atom is 0.253 e. The van der Waals surface area contributed by atoms with Crippen LogP contribution in [0.15, 0.2) is 42.9 Å². The zero-order valence-corrected chi connectivity index (χ0v) is 16.7. The number of rotatable bonds is 6. The summed E-state index contributed by atoms with van der Waals surface area (Å²) >= 11 is 0. The summed E-state index contributed by atoms with van der Waals surface area (Å²) in [5.41, 5.74) is 1.94. The van der Waals surface area contributed by atoms with Gasteiger partial charge in [-0.25, -0.2) is 4.98 Å². The topological polar surface area (TPSA) is 52.3 Å². The van der Waals surface area contributed by atoms with E-state index in [4.69, 9.17) is 4.74 Å². The maximum absolute atomic E-state index is 13.2. The quantitative estimate of drug-likeness (QED) is 0.657. The van der Waals surface area contributed by atoms with Gasteiger partial charge >= 0.3 is 0 Å². The first-order valence-corrected chi connectivity index (χ1v) is 10.1. The van der Waals surface area contributed by atoms with Gasteiger partial charge in [-0.05, 0) is 44.0 Å². The highest BCUT2D eigenvalue weighted by Gasteiger charge is 2.28. The van der Waals surface area contributed by atoms with Crippen LogP contribution in [0.3, 0.4) is 0 Å². The Morgan fingerprint density at radius 1 is 1.25 bits per heavy atom. The molecule has 0 unspecified atom stereocenters. The van der Waals surface area contributed by atoms with E-state index in [9.17, 15) is 4.79 Å². The number of imidazole rings is 1. The zero-order valence-electron chi connectivity index (χ0n) is 16.7. The van der Waals surface area contributed by atoms with Gasteiger partial charge in [0.05, 0.1) is 6.61 Å². The van der Waals surface area contributed by atoms with Crippen LogP contribution in [0.2, 0.25) is 0 Å². The molecule has 1 amide bonds. The molecule has 0 saturated carbocycles. The minimum atomic E-state index is 0.117. The highest BCUT2D eigenvalue weighted by molar-refractivity contribution is 5.98. The standard InChI is InChI=1S/C22H28N4O2/c1-3-24-11-8-17-15-18(6-7-20(17)24)22(27)26-10-4-5-19(16-26)21-23-9-12-25(21)13-14-28-2/h6-9,11-12,15,19H,3-5,10,13-14,16H2,1-2H3/t19-/m1/s1. The molecule has 0 radical (unpaired) electrons. The van der Waals surface area contributed by atoms with Gasteiger partial charge in [-0.1, -0.05) is 0 Å². The molecule has 0 bridgehead atoms. The molecule has 6 heteroatoms. The van der Waals surface area contributed by atoms with Crippen molar-refractivity contribution in [2.24, 2.45) is 0 Å². The van der Waals surface area contributed by atoms with E-state index in [2.05, 4.69) is 39.4 Å². The van der Waals surface area contributed by atoms with Crippen molar-refractivity contribution in [1.29, 1.82) is 0 Å². The first kappa shape index (κ1) is 18.7. The molecule has 3 aromatic rings. The molecular formula is C22H28N4O2. The van der Waals surface area contributed by atoms with E-state index >= 15 is 0 Å². The Kier molecular flexibility index (Phi) is 5.48. The maximum atomic E-state index is 13.2. The first-order chi connectivity index (χ1) is 13.7. The summed E-state index contributed by atoms with van der Waals surface area (Å²) in [5, 5.41) is 1.12. The molecule has 1 aliphatic rings. The van der Waals surface area contributed by atoms with Gasteiger partial charge in [-0.15, -0.1) is 0 Å². The molecule has 1 aliphatic heterocycles. The number of carbonyl (C=O) groups is 1. The Morgan fingerprint density at radius 2 is 2.14 bits per heavy atom. The molecular weight excluding hydrogens is 352 g/mol. The Hall–Kier alpha value is -2.60. The number of amides is 1. The van der Waals surface area contributed by atoms with Gasteiger partial charge in [0.2, 0.25) is 0 Å². The number of likely N-dealkylation sites (tertiary alicyclic amines) is 1. The molecule has 1 fully saturated rings. The summed E-state index contributed by atoms with van der Waals surface area (Å²) in [6.45, 7) is 6.04. The monoisotopic (exact) mass is 380 g/mol. The van der Waals surface area contributed by atoms with Gasteiger partial charge in [0.15, 0.2) is 0 Å². The third kappa shape index (κ3) is 3.56. The molecule has 4 rings (SSSR count). The summed E-state index contributed by atoms with van der Waals surface area (Å²) < 4.78 is 9.55.